The van der Waals surface area contributed by atoms with Gasteiger partial charge < -0.3 is 19.1 Å². The Kier molecular flexibility index (Phi) is 9.81. The molecular formula is C63H52BN3O. The van der Waals surface area contributed by atoms with Gasteiger partial charge in [0.15, 0.2) is 0 Å². The first-order valence-electron chi connectivity index (χ1n) is 23.8. The lowest BCUT2D eigenvalue weighted by atomic mass is 9.33. The third-order valence-electron chi connectivity index (χ3n) is 14.0. The summed E-state index contributed by atoms with van der Waals surface area (Å²) in [5.41, 5.74) is 23.3. The van der Waals surface area contributed by atoms with Crippen LogP contribution in [0.15, 0.2) is 211 Å². The van der Waals surface area contributed by atoms with E-state index in [4.69, 9.17) is 4.42 Å². The number of furan rings is 1. The van der Waals surface area contributed by atoms with Gasteiger partial charge in [-0.3, -0.25) is 0 Å². The van der Waals surface area contributed by atoms with E-state index in [1.165, 1.54) is 67.1 Å². The van der Waals surface area contributed by atoms with Crippen LogP contribution in [0, 0.1) is 20.8 Å². The van der Waals surface area contributed by atoms with Crippen LogP contribution in [0.25, 0.3) is 33.4 Å². The summed E-state index contributed by atoms with van der Waals surface area (Å²) < 4.78 is 6.64. The van der Waals surface area contributed by atoms with Crippen molar-refractivity contribution >= 4 is 85.3 Å². The summed E-state index contributed by atoms with van der Waals surface area (Å²) >= 11 is 0. The highest BCUT2D eigenvalue weighted by Crippen LogP contribution is 2.49. The third-order valence-corrected chi connectivity index (χ3v) is 14.0. The van der Waals surface area contributed by atoms with Crippen LogP contribution < -0.4 is 31.1 Å². The van der Waals surface area contributed by atoms with Crippen molar-refractivity contribution in [1.29, 1.82) is 0 Å². The Labute approximate surface area is 400 Å². The van der Waals surface area contributed by atoms with Gasteiger partial charge in [-0.05, 0) is 161 Å². The van der Waals surface area contributed by atoms with Crippen LogP contribution in [-0.2, 0) is 5.41 Å². The largest absolute Gasteiger partial charge is 0.456 e. The lowest BCUT2D eigenvalue weighted by molar-refractivity contribution is 0.591. The van der Waals surface area contributed by atoms with E-state index in [-0.39, 0.29) is 12.1 Å². The normalized spacial score (nSPS) is 12.8. The van der Waals surface area contributed by atoms with Crippen LogP contribution in [-0.4, -0.2) is 6.71 Å². The molecule has 0 radical (unpaired) electrons. The maximum absolute atomic E-state index is 6.64. The monoisotopic (exact) mass is 877 g/mol. The van der Waals surface area contributed by atoms with Crippen LogP contribution in [0.5, 0.6) is 0 Å². The molecule has 2 aliphatic heterocycles. The number of benzene rings is 9. The van der Waals surface area contributed by atoms with E-state index >= 15 is 0 Å². The van der Waals surface area contributed by atoms with E-state index in [1.807, 2.05) is 6.07 Å². The summed E-state index contributed by atoms with van der Waals surface area (Å²) in [5, 5.41) is 1.09. The molecule has 2 aliphatic rings. The molecule has 0 N–H and O–H groups in total. The average molecular weight is 878 g/mol. The fraction of sp³-hybridized carbons (Fsp3) is 0.111. The van der Waals surface area contributed by atoms with Gasteiger partial charge in [-0.2, -0.15) is 0 Å². The van der Waals surface area contributed by atoms with Gasteiger partial charge in [0.1, 0.15) is 11.3 Å². The number of anilines is 9. The molecule has 12 rings (SSSR count). The van der Waals surface area contributed by atoms with Gasteiger partial charge >= 0.3 is 0 Å². The van der Waals surface area contributed by atoms with Crippen molar-refractivity contribution in [1.82, 2.24) is 0 Å². The summed E-state index contributed by atoms with van der Waals surface area (Å²) in [7, 11) is 0. The minimum atomic E-state index is -0.0740. The molecule has 10 aromatic rings. The highest BCUT2D eigenvalue weighted by molar-refractivity contribution is 7.00. The van der Waals surface area contributed by atoms with E-state index < -0.39 is 0 Å². The minimum Gasteiger partial charge on any atom is -0.456 e. The first kappa shape index (κ1) is 41.4. The molecule has 4 nitrogen and oxygen atoms in total. The Morgan fingerprint density at radius 2 is 1.09 bits per heavy atom. The second kappa shape index (κ2) is 16.1. The van der Waals surface area contributed by atoms with Crippen molar-refractivity contribution in [2.24, 2.45) is 0 Å². The maximum atomic E-state index is 6.64. The van der Waals surface area contributed by atoms with E-state index in [0.29, 0.717) is 0 Å². The number of nitrogens with zero attached hydrogens (tertiary/aromatic N) is 3. The molecule has 5 heteroatoms. The van der Waals surface area contributed by atoms with E-state index in [9.17, 15) is 0 Å². The Morgan fingerprint density at radius 3 is 1.76 bits per heavy atom. The lowest BCUT2D eigenvalue weighted by Crippen LogP contribution is -2.61. The van der Waals surface area contributed by atoms with E-state index in [2.05, 4.69) is 256 Å². The average Bonchev–Trinajstić information content (AvgIpc) is 3.80. The molecule has 0 spiro atoms. The van der Waals surface area contributed by atoms with Gasteiger partial charge in [0, 0.05) is 56.4 Å². The first-order chi connectivity index (χ1) is 33.1. The molecule has 0 atom stereocenters. The van der Waals surface area contributed by atoms with Gasteiger partial charge in [0.2, 0.25) is 0 Å². The highest BCUT2D eigenvalue weighted by Gasteiger charge is 2.44. The van der Waals surface area contributed by atoms with Crippen molar-refractivity contribution in [3.05, 3.63) is 229 Å². The Hall–Kier alpha value is -8.02. The highest BCUT2D eigenvalue weighted by atomic mass is 16.3. The number of rotatable bonds is 7. The second-order valence-electron chi connectivity index (χ2n) is 19.6. The molecule has 0 fully saturated rings. The number of hydrogen-bond acceptors (Lipinski definition) is 4. The van der Waals surface area contributed by atoms with Crippen LogP contribution in [0.2, 0.25) is 0 Å². The van der Waals surface area contributed by atoms with Crippen LogP contribution in [0.4, 0.5) is 51.2 Å². The van der Waals surface area contributed by atoms with Gasteiger partial charge in [-0.25, -0.2) is 0 Å². The molecule has 0 unspecified atom stereocenters. The Bertz CT molecular complexity index is 3460. The van der Waals surface area contributed by atoms with Crippen LogP contribution in [0.3, 0.4) is 0 Å². The fourth-order valence-corrected chi connectivity index (χ4v) is 10.8. The zero-order chi connectivity index (χ0) is 46.3. The zero-order valence-corrected chi connectivity index (χ0v) is 39.5. The molecule has 3 heterocycles. The van der Waals surface area contributed by atoms with Gasteiger partial charge in [0.05, 0.1) is 5.69 Å². The summed E-state index contributed by atoms with van der Waals surface area (Å²) in [6.07, 6.45) is 0. The molecule has 0 saturated carbocycles. The molecule has 9 aromatic carbocycles. The zero-order valence-electron chi connectivity index (χ0n) is 39.5. The Balaban J connectivity index is 1.15. The van der Waals surface area contributed by atoms with Crippen molar-refractivity contribution in [2.45, 2.75) is 47.0 Å². The topological polar surface area (TPSA) is 22.9 Å². The molecule has 0 bridgehead atoms. The lowest BCUT2D eigenvalue weighted by Gasteiger charge is -2.45. The molecule has 68 heavy (non-hydrogen) atoms. The smallest absolute Gasteiger partial charge is 0.252 e. The summed E-state index contributed by atoms with van der Waals surface area (Å²) in [6.45, 7) is 13.7. The predicted molar refractivity (Wildman–Crippen MR) is 289 cm³/mol. The quantitative estimate of drug-likeness (QED) is 0.149. The van der Waals surface area contributed by atoms with Crippen molar-refractivity contribution < 1.29 is 4.42 Å². The molecule has 0 amide bonds. The SMILES string of the molecule is Cc1cc2c3c(c1)N(c1c(C)cccc1C)c1cc(N(c4ccccc4)c4ccccc4)ccc1B3c1cc(C(C)(C)C)ccc1N2c1cc(-c2ccccc2)cc(-c2cc3ccccc3o2)c1. The predicted octanol–water partition coefficient (Wildman–Crippen LogP) is 15.5. The molecular weight excluding hydrogens is 826 g/mol. The minimum absolute atomic E-state index is 0.0483. The summed E-state index contributed by atoms with van der Waals surface area (Å²) in [6, 6.07) is 75.6. The maximum Gasteiger partial charge on any atom is 0.252 e. The molecule has 0 saturated heterocycles. The first-order valence-corrected chi connectivity index (χ1v) is 23.8. The second-order valence-corrected chi connectivity index (χ2v) is 19.6. The molecule has 328 valence electrons. The number of fused-ring (bicyclic) bond motifs is 5. The van der Waals surface area contributed by atoms with Crippen molar-refractivity contribution in [3.63, 3.8) is 0 Å². The van der Waals surface area contributed by atoms with Crippen molar-refractivity contribution in [2.75, 3.05) is 14.7 Å². The van der Waals surface area contributed by atoms with Crippen LogP contribution in [0.1, 0.15) is 43.0 Å². The van der Waals surface area contributed by atoms with Gasteiger partial charge in [0.25, 0.3) is 6.71 Å². The van der Waals surface area contributed by atoms with E-state index in [1.54, 1.807) is 0 Å². The Morgan fingerprint density at radius 1 is 0.456 bits per heavy atom. The van der Waals surface area contributed by atoms with E-state index in [0.717, 1.165) is 56.2 Å². The fourth-order valence-electron chi connectivity index (χ4n) is 10.8. The molecule has 0 aliphatic carbocycles. The number of aryl methyl sites for hydroxylation is 3. The number of hydrogen-bond donors (Lipinski definition) is 0. The summed E-state index contributed by atoms with van der Waals surface area (Å²) in [4.78, 5) is 7.50. The number of para-hydroxylation sites is 4. The standard InChI is InChI=1S/C63H52BN3O/c1-41-33-57-61-58(34-41)67(62-42(2)19-18-20-43(62)3)56-40-51(65(49-24-12-8-13-25-49)50-26-14-9-15-27-50)30-31-53(56)64(61)54-39-48(63(4,5)6)29-32-55(54)66(57)52-36-46(44-21-10-7-11-22-44)35-47(37-52)60-38-45-23-16-17-28-59(45)68-60/h7-40H,1-6H3. The van der Waals surface area contributed by atoms with Crippen LogP contribution >= 0.6 is 0 Å². The summed E-state index contributed by atoms with van der Waals surface area (Å²) in [5.74, 6) is 0.848. The van der Waals surface area contributed by atoms with Crippen molar-refractivity contribution in [3.8, 4) is 22.5 Å². The molecule has 1 aromatic heterocycles. The third kappa shape index (κ3) is 6.92. The van der Waals surface area contributed by atoms with Gasteiger partial charge in [-0.15, -0.1) is 0 Å². The van der Waals surface area contributed by atoms with Gasteiger partial charge in [-0.1, -0.05) is 142 Å².